The van der Waals surface area contributed by atoms with Gasteiger partial charge in [-0.2, -0.15) is 0 Å². The SMILES string of the molecule is COc1ccc(C=CC(=O)O)cc1CN(C)CC1CC1C. The van der Waals surface area contributed by atoms with Gasteiger partial charge in [0.1, 0.15) is 5.75 Å². The van der Waals surface area contributed by atoms with Crippen molar-refractivity contribution in [1.82, 2.24) is 4.90 Å². The normalized spacial score (nSPS) is 21.0. The van der Waals surface area contributed by atoms with Gasteiger partial charge in [0.15, 0.2) is 0 Å². The summed E-state index contributed by atoms with van der Waals surface area (Å²) >= 11 is 0. The van der Waals surface area contributed by atoms with Crippen LogP contribution in [-0.4, -0.2) is 36.7 Å². The molecule has 1 aromatic carbocycles. The fourth-order valence-corrected chi connectivity index (χ4v) is 2.60. The number of nitrogens with zero attached hydrogens (tertiary/aromatic N) is 1. The molecule has 1 N–H and O–H groups in total. The summed E-state index contributed by atoms with van der Waals surface area (Å²) in [5.41, 5.74) is 1.96. The predicted molar refractivity (Wildman–Crippen MR) is 83.3 cm³/mol. The zero-order valence-corrected chi connectivity index (χ0v) is 12.9. The summed E-state index contributed by atoms with van der Waals surface area (Å²) in [7, 11) is 3.78. The molecule has 1 aliphatic carbocycles. The number of hydrogen-bond acceptors (Lipinski definition) is 3. The van der Waals surface area contributed by atoms with Gasteiger partial charge in [0.25, 0.3) is 0 Å². The molecule has 0 aliphatic heterocycles. The van der Waals surface area contributed by atoms with E-state index in [1.807, 2.05) is 18.2 Å². The summed E-state index contributed by atoms with van der Waals surface area (Å²) in [6.45, 7) is 4.19. The minimum Gasteiger partial charge on any atom is -0.496 e. The Morgan fingerprint density at radius 1 is 1.52 bits per heavy atom. The molecule has 0 aromatic heterocycles. The number of benzene rings is 1. The second kappa shape index (κ2) is 6.76. The first-order chi connectivity index (χ1) is 9.99. The minimum absolute atomic E-state index is 0.807. The third-order valence-electron chi connectivity index (χ3n) is 3.99. The summed E-state index contributed by atoms with van der Waals surface area (Å²) in [4.78, 5) is 12.9. The Hall–Kier alpha value is -1.81. The van der Waals surface area contributed by atoms with Gasteiger partial charge in [0.05, 0.1) is 7.11 Å². The minimum atomic E-state index is -0.938. The molecule has 0 bridgehead atoms. The van der Waals surface area contributed by atoms with Gasteiger partial charge in [-0.15, -0.1) is 0 Å². The molecule has 4 nitrogen and oxygen atoms in total. The highest BCUT2D eigenvalue weighted by atomic mass is 16.5. The molecule has 0 spiro atoms. The van der Waals surface area contributed by atoms with E-state index in [9.17, 15) is 4.79 Å². The molecule has 2 rings (SSSR count). The number of methoxy groups -OCH3 is 1. The molecule has 1 aliphatic rings. The topological polar surface area (TPSA) is 49.8 Å². The first-order valence-electron chi connectivity index (χ1n) is 7.26. The third-order valence-corrected chi connectivity index (χ3v) is 3.99. The zero-order chi connectivity index (χ0) is 15.4. The van der Waals surface area contributed by atoms with Gasteiger partial charge in [-0.3, -0.25) is 0 Å². The lowest BCUT2D eigenvalue weighted by molar-refractivity contribution is -0.131. The molecule has 1 fully saturated rings. The lowest BCUT2D eigenvalue weighted by atomic mass is 10.1. The fraction of sp³-hybridized carbons (Fsp3) is 0.471. The van der Waals surface area contributed by atoms with Gasteiger partial charge in [-0.05, 0) is 49.1 Å². The summed E-state index contributed by atoms with van der Waals surface area (Å²) in [5.74, 6) is 1.57. The number of aliphatic carboxylic acids is 1. The molecule has 4 heteroatoms. The number of carbonyl (C=O) groups is 1. The van der Waals surface area contributed by atoms with Crippen LogP contribution in [0.1, 0.15) is 24.5 Å². The maximum atomic E-state index is 10.6. The van der Waals surface area contributed by atoms with Crippen molar-refractivity contribution in [2.75, 3.05) is 20.7 Å². The van der Waals surface area contributed by atoms with Crippen LogP contribution < -0.4 is 4.74 Å². The molecule has 0 amide bonds. The Labute approximate surface area is 126 Å². The van der Waals surface area contributed by atoms with Crippen molar-refractivity contribution >= 4 is 12.0 Å². The van der Waals surface area contributed by atoms with E-state index in [0.717, 1.165) is 47.9 Å². The number of carboxylic acids is 1. The average Bonchev–Trinajstić information content (AvgIpc) is 3.11. The Bertz CT molecular complexity index is 539. The standard InChI is InChI=1S/C17H23NO3/c1-12-8-14(12)10-18(2)11-15-9-13(5-7-17(19)20)4-6-16(15)21-3/h4-7,9,12,14H,8,10-11H2,1-3H3,(H,19,20). The summed E-state index contributed by atoms with van der Waals surface area (Å²) in [6.07, 6.45) is 4.08. The third kappa shape index (κ3) is 4.60. The van der Waals surface area contributed by atoms with Crippen molar-refractivity contribution in [3.63, 3.8) is 0 Å². The molecule has 114 valence electrons. The summed E-state index contributed by atoms with van der Waals surface area (Å²) in [6, 6.07) is 5.75. The van der Waals surface area contributed by atoms with Gasteiger partial charge >= 0.3 is 5.97 Å². The number of rotatable bonds is 7. The Balaban J connectivity index is 2.07. The van der Waals surface area contributed by atoms with Gasteiger partial charge in [0.2, 0.25) is 0 Å². The van der Waals surface area contributed by atoms with Gasteiger partial charge in [0, 0.05) is 24.7 Å². The highest BCUT2D eigenvalue weighted by Crippen LogP contribution is 2.38. The van der Waals surface area contributed by atoms with E-state index in [-0.39, 0.29) is 0 Å². The highest BCUT2D eigenvalue weighted by molar-refractivity contribution is 5.85. The molecular formula is C17H23NO3. The first-order valence-corrected chi connectivity index (χ1v) is 7.26. The molecule has 0 heterocycles. The average molecular weight is 289 g/mol. The monoisotopic (exact) mass is 289 g/mol. The molecule has 2 atom stereocenters. The smallest absolute Gasteiger partial charge is 0.328 e. The van der Waals surface area contributed by atoms with Crippen LogP contribution in [-0.2, 0) is 11.3 Å². The van der Waals surface area contributed by atoms with Crippen molar-refractivity contribution in [1.29, 1.82) is 0 Å². The van der Waals surface area contributed by atoms with Crippen molar-refractivity contribution in [3.8, 4) is 5.75 Å². The van der Waals surface area contributed by atoms with E-state index in [1.54, 1.807) is 13.2 Å². The Morgan fingerprint density at radius 2 is 2.24 bits per heavy atom. The quantitative estimate of drug-likeness (QED) is 0.784. The van der Waals surface area contributed by atoms with E-state index in [1.165, 1.54) is 6.42 Å². The van der Waals surface area contributed by atoms with Gasteiger partial charge < -0.3 is 14.7 Å². The number of ether oxygens (including phenoxy) is 1. The van der Waals surface area contributed by atoms with Crippen LogP contribution in [0.25, 0.3) is 6.08 Å². The van der Waals surface area contributed by atoms with Crippen LogP contribution in [0.15, 0.2) is 24.3 Å². The number of hydrogen-bond donors (Lipinski definition) is 1. The van der Waals surface area contributed by atoms with Gasteiger partial charge in [-0.1, -0.05) is 13.0 Å². The fourth-order valence-electron chi connectivity index (χ4n) is 2.60. The molecular weight excluding hydrogens is 266 g/mol. The van der Waals surface area contributed by atoms with Crippen molar-refractivity contribution in [2.24, 2.45) is 11.8 Å². The Kier molecular flexibility index (Phi) is 5.02. The van der Waals surface area contributed by atoms with Crippen LogP contribution in [0.4, 0.5) is 0 Å². The van der Waals surface area contributed by atoms with Crippen molar-refractivity contribution in [3.05, 3.63) is 35.4 Å². The lowest BCUT2D eigenvalue weighted by Crippen LogP contribution is -2.21. The van der Waals surface area contributed by atoms with Crippen molar-refractivity contribution < 1.29 is 14.6 Å². The Morgan fingerprint density at radius 3 is 2.81 bits per heavy atom. The maximum Gasteiger partial charge on any atom is 0.328 e. The molecule has 1 saturated carbocycles. The second-order valence-corrected chi connectivity index (χ2v) is 5.91. The molecule has 1 aromatic rings. The van der Waals surface area contributed by atoms with Crippen LogP contribution in [0.5, 0.6) is 5.75 Å². The van der Waals surface area contributed by atoms with E-state index >= 15 is 0 Å². The maximum absolute atomic E-state index is 10.6. The second-order valence-electron chi connectivity index (χ2n) is 5.91. The van der Waals surface area contributed by atoms with Gasteiger partial charge in [-0.25, -0.2) is 4.79 Å². The molecule has 0 radical (unpaired) electrons. The summed E-state index contributed by atoms with van der Waals surface area (Å²) < 4.78 is 5.40. The molecule has 0 saturated heterocycles. The van der Waals surface area contributed by atoms with E-state index in [4.69, 9.17) is 9.84 Å². The van der Waals surface area contributed by atoms with Crippen LogP contribution in [0, 0.1) is 11.8 Å². The zero-order valence-electron chi connectivity index (χ0n) is 12.9. The van der Waals surface area contributed by atoms with Crippen molar-refractivity contribution in [2.45, 2.75) is 19.9 Å². The van der Waals surface area contributed by atoms with Crippen LogP contribution in [0.3, 0.4) is 0 Å². The van der Waals surface area contributed by atoms with E-state index in [0.29, 0.717) is 0 Å². The predicted octanol–water partition coefficient (Wildman–Crippen LogP) is 2.88. The van der Waals surface area contributed by atoms with E-state index in [2.05, 4.69) is 18.9 Å². The largest absolute Gasteiger partial charge is 0.496 e. The molecule has 21 heavy (non-hydrogen) atoms. The highest BCUT2D eigenvalue weighted by Gasteiger charge is 2.33. The number of carboxylic acid groups (broad SMARTS) is 1. The van der Waals surface area contributed by atoms with E-state index < -0.39 is 5.97 Å². The molecule has 2 unspecified atom stereocenters. The van der Waals surface area contributed by atoms with Crippen LogP contribution in [0.2, 0.25) is 0 Å². The first kappa shape index (κ1) is 15.6. The van der Waals surface area contributed by atoms with Crippen LogP contribution >= 0.6 is 0 Å². The lowest BCUT2D eigenvalue weighted by Gasteiger charge is -2.18. The summed E-state index contributed by atoms with van der Waals surface area (Å²) in [5, 5.41) is 8.70.